The van der Waals surface area contributed by atoms with Crippen LogP contribution < -0.4 is 0 Å². The Morgan fingerprint density at radius 1 is 1.58 bits per heavy atom. The predicted octanol–water partition coefficient (Wildman–Crippen LogP) is 2.58. The summed E-state index contributed by atoms with van der Waals surface area (Å²) in [4.78, 5) is 11.2. The van der Waals surface area contributed by atoms with Crippen molar-refractivity contribution in [2.24, 2.45) is 5.92 Å². The van der Waals surface area contributed by atoms with Gasteiger partial charge in [0.1, 0.15) is 0 Å². The van der Waals surface area contributed by atoms with Gasteiger partial charge in [-0.1, -0.05) is 13.0 Å². The highest BCUT2D eigenvalue weighted by atomic mass is 28.4. The molecular weight excluding hydrogens is 168 g/mol. The number of hydrogen-bond donors (Lipinski definition) is 0. The van der Waals surface area contributed by atoms with Crippen molar-refractivity contribution in [3.05, 3.63) is 12.7 Å². The van der Waals surface area contributed by atoms with Crippen LogP contribution in [0.3, 0.4) is 0 Å². The molecule has 1 atom stereocenters. The molecule has 12 heavy (non-hydrogen) atoms. The zero-order chi connectivity index (χ0) is 9.78. The fourth-order valence-electron chi connectivity index (χ4n) is 0.729. The third-order valence-electron chi connectivity index (χ3n) is 1.31. The average Bonchev–Trinajstić information content (AvgIpc) is 1.82. The van der Waals surface area contributed by atoms with E-state index in [9.17, 15) is 4.79 Å². The van der Waals surface area contributed by atoms with Gasteiger partial charge < -0.3 is 4.43 Å². The summed E-state index contributed by atoms with van der Waals surface area (Å²) in [5.74, 6) is 0.121. The van der Waals surface area contributed by atoms with E-state index in [1.165, 1.54) is 0 Å². The van der Waals surface area contributed by atoms with E-state index >= 15 is 0 Å². The second-order valence-corrected chi connectivity index (χ2v) is 8.43. The first-order chi connectivity index (χ1) is 5.35. The molecular formula is C9H18O2Si. The van der Waals surface area contributed by atoms with Crippen molar-refractivity contribution in [1.82, 2.24) is 0 Å². The second-order valence-electron chi connectivity index (χ2n) is 4.00. The highest BCUT2D eigenvalue weighted by Crippen LogP contribution is 2.09. The molecule has 0 aliphatic carbocycles. The molecule has 0 heterocycles. The minimum atomic E-state index is -1.68. The molecule has 0 aromatic heterocycles. The number of carbonyl (C=O) groups is 1. The van der Waals surface area contributed by atoms with E-state index in [1.807, 2.05) is 26.6 Å². The number of carbonyl (C=O) groups excluding carboxylic acids is 1. The van der Waals surface area contributed by atoms with Crippen LogP contribution in [0.15, 0.2) is 12.7 Å². The SMILES string of the molecule is C=CC(C)CC(=O)O[Si](C)(C)C. The second kappa shape index (κ2) is 4.45. The monoisotopic (exact) mass is 186 g/mol. The normalized spacial score (nSPS) is 13.7. The number of hydrogen-bond acceptors (Lipinski definition) is 2. The minimum absolute atomic E-state index is 0.0958. The standard InChI is InChI=1S/C9H18O2Si/c1-6-8(2)7-9(10)11-12(3,4)5/h6,8H,1,7H2,2-5H3. The Labute approximate surface area is 75.7 Å². The van der Waals surface area contributed by atoms with Gasteiger partial charge in [-0.2, -0.15) is 0 Å². The van der Waals surface area contributed by atoms with E-state index in [2.05, 4.69) is 6.58 Å². The molecule has 0 spiro atoms. The fraction of sp³-hybridized carbons (Fsp3) is 0.667. The molecule has 0 radical (unpaired) electrons. The first kappa shape index (κ1) is 11.4. The van der Waals surface area contributed by atoms with Gasteiger partial charge in [-0.15, -0.1) is 6.58 Å². The molecule has 0 aliphatic rings. The Kier molecular flexibility index (Phi) is 4.24. The third-order valence-corrected chi connectivity index (χ3v) is 2.15. The maximum atomic E-state index is 11.2. The molecule has 0 N–H and O–H groups in total. The zero-order valence-corrected chi connectivity index (χ0v) is 9.39. The predicted molar refractivity (Wildman–Crippen MR) is 53.4 cm³/mol. The average molecular weight is 186 g/mol. The van der Waals surface area contributed by atoms with Crippen LogP contribution in [-0.4, -0.2) is 14.3 Å². The zero-order valence-electron chi connectivity index (χ0n) is 8.39. The molecule has 0 fully saturated rings. The van der Waals surface area contributed by atoms with E-state index in [1.54, 1.807) is 6.08 Å². The number of allylic oxidation sites excluding steroid dienone is 1. The van der Waals surface area contributed by atoms with Gasteiger partial charge in [-0.25, -0.2) is 0 Å². The summed E-state index contributed by atoms with van der Waals surface area (Å²) >= 11 is 0. The molecule has 0 saturated carbocycles. The van der Waals surface area contributed by atoms with Crippen LogP contribution in [0.1, 0.15) is 13.3 Å². The fourth-order valence-corrected chi connectivity index (χ4v) is 1.50. The van der Waals surface area contributed by atoms with E-state index in [0.717, 1.165) is 0 Å². The van der Waals surface area contributed by atoms with E-state index in [0.29, 0.717) is 6.42 Å². The van der Waals surface area contributed by atoms with Crippen molar-refractivity contribution in [1.29, 1.82) is 0 Å². The van der Waals surface area contributed by atoms with Gasteiger partial charge in [-0.3, -0.25) is 4.79 Å². The van der Waals surface area contributed by atoms with Crippen LogP contribution in [0.2, 0.25) is 19.6 Å². The van der Waals surface area contributed by atoms with Crippen LogP contribution in [0.4, 0.5) is 0 Å². The molecule has 0 saturated heterocycles. The lowest BCUT2D eigenvalue weighted by Crippen LogP contribution is -2.29. The molecule has 0 bridgehead atoms. The van der Waals surface area contributed by atoms with E-state index in [4.69, 9.17) is 4.43 Å². The Morgan fingerprint density at radius 2 is 2.08 bits per heavy atom. The van der Waals surface area contributed by atoms with Crippen LogP contribution in [-0.2, 0) is 9.22 Å². The molecule has 0 aromatic rings. The topological polar surface area (TPSA) is 26.3 Å². The lowest BCUT2D eigenvalue weighted by atomic mass is 10.1. The summed E-state index contributed by atoms with van der Waals surface area (Å²) in [5.41, 5.74) is 0. The van der Waals surface area contributed by atoms with Gasteiger partial charge in [0.2, 0.25) is 8.32 Å². The Hall–Kier alpha value is -0.573. The van der Waals surface area contributed by atoms with Gasteiger partial charge in [-0.05, 0) is 25.6 Å². The lowest BCUT2D eigenvalue weighted by molar-refractivity contribution is -0.135. The Bertz CT molecular complexity index is 170. The third kappa shape index (κ3) is 6.16. The van der Waals surface area contributed by atoms with Crippen molar-refractivity contribution in [2.45, 2.75) is 33.0 Å². The minimum Gasteiger partial charge on any atom is -0.520 e. The molecule has 70 valence electrons. The maximum absolute atomic E-state index is 11.2. The van der Waals surface area contributed by atoms with Crippen molar-refractivity contribution in [3.8, 4) is 0 Å². The van der Waals surface area contributed by atoms with Crippen LogP contribution >= 0.6 is 0 Å². The highest BCUT2D eigenvalue weighted by molar-refractivity contribution is 6.71. The quantitative estimate of drug-likeness (QED) is 0.498. The Balaban J connectivity index is 3.82. The van der Waals surface area contributed by atoms with Crippen molar-refractivity contribution in [2.75, 3.05) is 0 Å². The summed E-state index contributed by atoms with van der Waals surface area (Å²) in [6.07, 6.45) is 2.22. The summed E-state index contributed by atoms with van der Waals surface area (Å²) in [6.45, 7) is 11.6. The summed E-state index contributed by atoms with van der Waals surface area (Å²) < 4.78 is 5.26. The van der Waals surface area contributed by atoms with Gasteiger partial charge in [0.15, 0.2) is 0 Å². The van der Waals surface area contributed by atoms with Gasteiger partial charge in [0.25, 0.3) is 5.97 Å². The van der Waals surface area contributed by atoms with Gasteiger partial charge in [0, 0.05) is 0 Å². The lowest BCUT2D eigenvalue weighted by Gasteiger charge is -2.18. The maximum Gasteiger partial charge on any atom is 0.293 e. The first-order valence-corrected chi connectivity index (χ1v) is 7.60. The van der Waals surface area contributed by atoms with Crippen molar-refractivity contribution in [3.63, 3.8) is 0 Å². The molecule has 0 rings (SSSR count). The van der Waals surface area contributed by atoms with E-state index < -0.39 is 8.32 Å². The van der Waals surface area contributed by atoms with Gasteiger partial charge in [0.05, 0.1) is 6.42 Å². The van der Waals surface area contributed by atoms with Crippen LogP contribution in [0.5, 0.6) is 0 Å². The largest absolute Gasteiger partial charge is 0.520 e. The van der Waals surface area contributed by atoms with Crippen LogP contribution in [0.25, 0.3) is 0 Å². The highest BCUT2D eigenvalue weighted by Gasteiger charge is 2.20. The molecule has 1 unspecified atom stereocenters. The summed E-state index contributed by atoms with van der Waals surface area (Å²) in [5, 5.41) is 0. The number of rotatable bonds is 4. The summed E-state index contributed by atoms with van der Waals surface area (Å²) in [7, 11) is -1.68. The van der Waals surface area contributed by atoms with Gasteiger partial charge >= 0.3 is 0 Å². The summed E-state index contributed by atoms with van der Waals surface area (Å²) in [6, 6.07) is 0. The van der Waals surface area contributed by atoms with Crippen LogP contribution in [0, 0.1) is 5.92 Å². The smallest absolute Gasteiger partial charge is 0.293 e. The van der Waals surface area contributed by atoms with E-state index in [-0.39, 0.29) is 11.9 Å². The molecule has 2 nitrogen and oxygen atoms in total. The molecule has 0 aromatic carbocycles. The first-order valence-electron chi connectivity index (χ1n) is 4.19. The Morgan fingerprint density at radius 3 is 2.42 bits per heavy atom. The molecule has 3 heteroatoms. The van der Waals surface area contributed by atoms with Crippen molar-refractivity contribution >= 4 is 14.3 Å². The molecule has 0 amide bonds. The van der Waals surface area contributed by atoms with Crippen molar-refractivity contribution < 1.29 is 9.22 Å². The molecule has 0 aliphatic heterocycles.